The van der Waals surface area contributed by atoms with E-state index in [-0.39, 0.29) is 56.4 Å². The van der Waals surface area contributed by atoms with Crippen LogP contribution in [0.25, 0.3) is 0 Å². The molecule has 0 aliphatic carbocycles. The Morgan fingerprint density at radius 1 is 0.923 bits per heavy atom. The van der Waals surface area contributed by atoms with Crippen LogP contribution in [0.3, 0.4) is 0 Å². The number of rotatable bonds is 19. The topological polar surface area (TPSA) is 216 Å². The third kappa shape index (κ3) is 18.4. The van der Waals surface area contributed by atoms with Gasteiger partial charge < -0.3 is 41.0 Å². The van der Waals surface area contributed by atoms with Gasteiger partial charge in [-0.1, -0.05) is 20.8 Å². The van der Waals surface area contributed by atoms with Crippen LogP contribution in [0, 0.1) is 5.92 Å². The number of amides is 6. The molecule has 0 saturated heterocycles. The first kappa shape index (κ1) is 35.4. The van der Waals surface area contributed by atoms with Crippen molar-refractivity contribution in [3.63, 3.8) is 0 Å². The number of urea groups is 1. The Bertz CT molecular complexity index is 816. The van der Waals surface area contributed by atoms with Gasteiger partial charge in [-0.25, -0.2) is 4.79 Å². The number of carbonyl (C=O) groups excluding carboxylic acids is 5. The first-order valence-corrected chi connectivity index (χ1v) is 12.6. The number of carbonyl (C=O) groups is 6. The molecule has 15 nitrogen and oxygen atoms in total. The molecule has 0 bridgehead atoms. The highest BCUT2D eigenvalue weighted by atomic mass is 16.5. The number of imide groups is 1. The highest BCUT2D eigenvalue weighted by molar-refractivity contribution is 6.12. The van der Waals surface area contributed by atoms with Crippen molar-refractivity contribution in [2.24, 2.45) is 11.7 Å². The van der Waals surface area contributed by atoms with E-state index in [4.69, 9.17) is 25.1 Å². The van der Waals surface area contributed by atoms with Gasteiger partial charge in [0.25, 0.3) is 11.8 Å². The van der Waals surface area contributed by atoms with Crippen LogP contribution in [-0.4, -0.2) is 111 Å². The smallest absolute Gasteiger partial charge is 0.322 e. The second-order valence-corrected chi connectivity index (χ2v) is 8.44. The van der Waals surface area contributed by atoms with Crippen LogP contribution in [0.2, 0.25) is 0 Å². The fourth-order valence-corrected chi connectivity index (χ4v) is 2.82. The second kappa shape index (κ2) is 21.4. The lowest BCUT2D eigenvalue weighted by Gasteiger charge is -2.21. The highest BCUT2D eigenvalue weighted by Gasteiger charge is 2.24. The van der Waals surface area contributed by atoms with Gasteiger partial charge in [-0.2, -0.15) is 0 Å². The van der Waals surface area contributed by atoms with Crippen LogP contribution in [0.1, 0.15) is 33.6 Å². The fraction of sp³-hybridized carbons (Fsp3) is 0.667. The van der Waals surface area contributed by atoms with Gasteiger partial charge in [0.2, 0.25) is 11.8 Å². The minimum absolute atomic E-state index is 0.0430. The molecule has 0 saturated carbocycles. The average molecular weight is 560 g/mol. The van der Waals surface area contributed by atoms with Crippen molar-refractivity contribution in [2.45, 2.75) is 39.7 Å². The fourth-order valence-electron chi connectivity index (χ4n) is 2.82. The zero-order valence-corrected chi connectivity index (χ0v) is 22.7. The summed E-state index contributed by atoms with van der Waals surface area (Å²) in [4.78, 5) is 68.2. The monoisotopic (exact) mass is 559 g/mol. The molecule has 1 atom stereocenters. The molecule has 1 aliphatic rings. The van der Waals surface area contributed by atoms with Gasteiger partial charge in [0.05, 0.1) is 46.2 Å². The Hall–Kier alpha value is -3.56. The number of aliphatic carboxylic acids is 1. The number of nitrogens with one attached hydrogen (secondary N) is 3. The molecule has 0 radical (unpaired) electrons. The molecule has 1 rings (SSSR count). The molecule has 6 amide bonds. The minimum Gasteiger partial charge on any atom is -0.480 e. The van der Waals surface area contributed by atoms with Crippen LogP contribution in [-0.2, 0) is 38.2 Å². The van der Waals surface area contributed by atoms with Gasteiger partial charge in [0.1, 0.15) is 12.6 Å². The molecule has 0 fully saturated rings. The van der Waals surface area contributed by atoms with Crippen molar-refractivity contribution in [2.75, 3.05) is 59.3 Å². The van der Waals surface area contributed by atoms with Crippen LogP contribution < -0.4 is 21.7 Å². The molecule has 222 valence electrons. The molecule has 0 aromatic rings. The van der Waals surface area contributed by atoms with Crippen molar-refractivity contribution in [1.29, 1.82) is 0 Å². The number of nitrogens with two attached hydrogens (primary N) is 1. The summed E-state index contributed by atoms with van der Waals surface area (Å²) >= 11 is 0. The lowest BCUT2D eigenvalue weighted by molar-refractivity contribution is -0.139. The summed E-state index contributed by atoms with van der Waals surface area (Å²) in [5.41, 5.74) is 4.73. The van der Waals surface area contributed by atoms with E-state index in [1.54, 1.807) is 13.8 Å². The van der Waals surface area contributed by atoms with Crippen LogP contribution in [0.15, 0.2) is 12.2 Å². The lowest BCUT2D eigenvalue weighted by atomic mass is 10.0. The molecule has 1 unspecified atom stereocenters. The molecular formula is C24H41N5O10. The van der Waals surface area contributed by atoms with E-state index in [9.17, 15) is 28.8 Å². The van der Waals surface area contributed by atoms with Crippen molar-refractivity contribution in [3.8, 4) is 0 Å². The predicted octanol–water partition coefficient (Wildman–Crippen LogP) is -1.24. The van der Waals surface area contributed by atoms with Gasteiger partial charge in [-0.3, -0.25) is 28.9 Å². The SMILES string of the molecule is CC(C)C(NC(=O)CCOCCOCCOCCN1C(=O)C=CC1=O)C(=O)NCC(=O)O.CCCNC(N)=O. The maximum Gasteiger partial charge on any atom is 0.322 e. The number of carboxylic acid groups (broad SMARTS) is 1. The predicted molar refractivity (Wildman–Crippen MR) is 138 cm³/mol. The van der Waals surface area contributed by atoms with Crippen molar-refractivity contribution in [3.05, 3.63) is 12.2 Å². The third-order valence-electron chi connectivity index (χ3n) is 4.81. The Labute approximate surface area is 227 Å². The quantitative estimate of drug-likeness (QED) is 0.0936. The van der Waals surface area contributed by atoms with Crippen LogP contribution >= 0.6 is 0 Å². The molecule has 39 heavy (non-hydrogen) atoms. The normalized spacial score (nSPS) is 13.1. The van der Waals surface area contributed by atoms with Gasteiger partial charge in [0, 0.05) is 25.1 Å². The lowest BCUT2D eigenvalue weighted by Crippen LogP contribution is -2.50. The van der Waals surface area contributed by atoms with Gasteiger partial charge in [-0.15, -0.1) is 0 Å². The molecular weight excluding hydrogens is 518 g/mol. The number of hydrogen-bond acceptors (Lipinski definition) is 9. The van der Waals surface area contributed by atoms with E-state index in [0.717, 1.165) is 11.3 Å². The first-order valence-electron chi connectivity index (χ1n) is 12.6. The number of ether oxygens (including phenoxy) is 3. The van der Waals surface area contributed by atoms with E-state index in [1.165, 1.54) is 12.2 Å². The van der Waals surface area contributed by atoms with Crippen molar-refractivity contribution in [1.82, 2.24) is 20.9 Å². The van der Waals surface area contributed by atoms with E-state index >= 15 is 0 Å². The standard InChI is InChI=1S/C20H31N3O9.C4H10N2O/c1-14(2)19(20(29)21-13-18(27)28)22-15(24)5-7-30-9-11-32-12-10-31-8-6-23-16(25)3-4-17(23)26;1-2-3-6-4(5)7/h3-4,14,19H,5-13H2,1-2H3,(H,21,29)(H,22,24)(H,27,28);2-3H2,1H3,(H3,5,6,7). The first-order chi connectivity index (χ1) is 18.5. The van der Waals surface area contributed by atoms with Crippen molar-refractivity contribution < 1.29 is 48.1 Å². The Morgan fingerprint density at radius 2 is 1.46 bits per heavy atom. The maximum atomic E-state index is 12.0. The van der Waals surface area contributed by atoms with Crippen LogP contribution in [0.5, 0.6) is 0 Å². The number of carboxylic acids is 1. The third-order valence-corrected chi connectivity index (χ3v) is 4.81. The van der Waals surface area contributed by atoms with E-state index in [2.05, 4.69) is 16.0 Å². The Kier molecular flexibility index (Phi) is 19.4. The molecule has 0 aromatic heterocycles. The number of nitrogens with zero attached hydrogens (tertiary/aromatic N) is 1. The van der Waals surface area contributed by atoms with Gasteiger partial charge >= 0.3 is 12.0 Å². The average Bonchev–Trinajstić information content (AvgIpc) is 3.20. The summed E-state index contributed by atoms with van der Waals surface area (Å²) in [7, 11) is 0. The maximum absolute atomic E-state index is 12.0. The number of primary amides is 1. The molecule has 1 aliphatic heterocycles. The van der Waals surface area contributed by atoms with Gasteiger partial charge in [0.15, 0.2) is 0 Å². The Morgan fingerprint density at radius 3 is 1.92 bits per heavy atom. The summed E-state index contributed by atoms with van der Waals surface area (Å²) in [5.74, 6) is -3.00. The second-order valence-electron chi connectivity index (χ2n) is 8.44. The zero-order chi connectivity index (χ0) is 29.6. The molecule has 15 heteroatoms. The molecule has 6 N–H and O–H groups in total. The largest absolute Gasteiger partial charge is 0.480 e. The van der Waals surface area contributed by atoms with E-state index in [1.807, 2.05) is 6.92 Å². The summed E-state index contributed by atoms with van der Waals surface area (Å²) in [6, 6.07) is -1.27. The minimum atomic E-state index is -1.16. The van der Waals surface area contributed by atoms with Crippen molar-refractivity contribution >= 4 is 35.6 Å². The van der Waals surface area contributed by atoms with Crippen LogP contribution in [0.4, 0.5) is 4.79 Å². The summed E-state index contributed by atoms with van der Waals surface area (Å²) in [6.45, 7) is 7.34. The number of hydrogen-bond donors (Lipinski definition) is 5. The van der Waals surface area contributed by atoms with E-state index in [0.29, 0.717) is 26.4 Å². The summed E-state index contributed by atoms with van der Waals surface area (Å²) < 4.78 is 15.9. The highest BCUT2D eigenvalue weighted by Crippen LogP contribution is 2.03. The molecule has 0 aromatic carbocycles. The summed E-state index contributed by atoms with van der Waals surface area (Å²) in [6.07, 6.45) is 3.41. The zero-order valence-electron chi connectivity index (χ0n) is 22.7. The molecule has 1 heterocycles. The molecule has 0 spiro atoms. The van der Waals surface area contributed by atoms with E-state index < -0.39 is 30.5 Å². The van der Waals surface area contributed by atoms with Gasteiger partial charge in [-0.05, 0) is 12.3 Å². The summed E-state index contributed by atoms with van der Waals surface area (Å²) in [5, 5.41) is 15.9. The Balaban J connectivity index is 0.00000181.